The molecule has 0 radical (unpaired) electrons. The number of carbonyl (C=O) groups is 2. The van der Waals surface area contributed by atoms with Crippen molar-refractivity contribution in [3.05, 3.63) is 65.2 Å². The first-order valence-electron chi connectivity index (χ1n) is 8.21. The van der Waals surface area contributed by atoms with Gasteiger partial charge >= 0.3 is 0 Å². The van der Waals surface area contributed by atoms with E-state index in [9.17, 15) is 9.59 Å². The molecule has 0 saturated carbocycles. The van der Waals surface area contributed by atoms with Crippen LogP contribution >= 0.6 is 12.2 Å². The van der Waals surface area contributed by atoms with Crippen LogP contribution in [0.15, 0.2) is 54.1 Å². The molecule has 1 saturated heterocycles. The van der Waals surface area contributed by atoms with Gasteiger partial charge in [0, 0.05) is 6.07 Å². The topological polar surface area (TPSA) is 58.6 Å². The highest BCUT2D eigenvalue weighted by molar-refractivity contribution is 7.80. The van der Waals surface area contributed by atoms with E-state index in [1.165, 1.54) is 4.90 Å². The van der Waals surface area contributed by atoms with E-state index in [-0.39, 0.29) is 10.7 Å². The predicted molar refractivity (Wildman–Crippen MR) is 105 cm³/mol. The maximum absolute atomic E-state index is 13.0. The smallest absolute Gasteiger partial charge is 0.270 e. The highest BCUT2D eigenvalue weighted by Crippen LogP contribution is 2.26. The monoisotopic (exact) mass is 366 g/mol. The van der Waals surface area contributed by atoms with E-state index in [0.717, 1.165) is 11.1 Å². The molecule has 6 heteroatoms. The minimum Gasteiger partial charge on any atom is -0.494 e. The van der Waals surface area contributed by atoms with Crippen molar-refractivity contribution in [2.45, 2.75) is 13.8 Å². The lowest BCUT2D eigenvalue weighted by atomic mass is 10.0. The van der Waals surface area contributed by atoms with E-state index in [1.807, 2.05) is 38.1 Å². The third kappa shape index (κ3) is 3.50. The number of hydrogen-bond acceptors (Lipinski definition) is 4. The summed E-state index contributed by atoms with van der Waals surface area (Å²) in [5.74, 6) is -0.335. The Hall–Kier alpha value is -2.99. The lowest BCUT2D eigenvalue weighted by molar-refractivity contribution is -0.122. The normalized spacial score (nSPS) is 16.0. The number of thiocarbonyl (C=S) groups is 1. The predicted octanol–water partition coefficient (Wildman–Crippen LogP) is 3.23. The Labute approximate surface area is 157 Å². The van der Waals surface area contributed by atoms with Gasteiger partial charge in [0.1, 0.15) is 11.3 Å². The van der Waals surface area contributed by atoms with Crippen LogP contribution in [0.2, 0.25) is 0 Å². The number of hydrogen-bond donors (Lipinski definition) is 1. The molecule has 26 heavy (non-hydrogen) atoms. The van der Waals surface area contributed by atoms with Gasteiger partial charge in [-0.1, -0.05) is 30.3 Å². The molecule has 132 valence electrons. The van der Waals surface area contributed by atoms with E-state index in [1.54, 1.807) is 30.3 Å². The Morgan fingerprint density at radius 2 is 1.92 bits per heavy atom. The largest absolute Gasteiger partial charge is 0.494 e. The van der Waals surface area contributed by atoms with E-state index in [0.29, 0.717) is 18.0 Å². The molecule has 0 atom stereocenters. The van der Waals surface area contributed by atoms with E-state index in [4.69, 9.17) is 17.0 Å². The molecule has 2 aromatic carbocycles. The fraction of sp³-hybridized carbons (Fsp3) is 0.150. The molecule has 2 aromatic rings. The van der Waals surface area contributed by atoms with Crippen LogP contribution < -0.4 is 15.0 Å². The van der Waals surface area contributed by atoms with Gasteiger partial charge in [0.25, 0.3) is 11.8 Å². The van der Waals surface area contributed by atoms with Crippen LogP contribution in [0.5, 0.6) is 5.75 Å². The van der Waals surface area contributed by atoms with Crippen LogP contribution in [0.3, 0.4) is 0 Å². The first-order valence-corrected chi connectivity index (χ1v) is 8.62. The zero-order valence-electron chi connectivity index (χ0n) is 14.5. The fourth-order valence-corrected chi connectivity index (χ4v) is 2.96. The quantitative estimate of drug-likeness (QED) is 0.513. The second-order valence-corrected chi connectivity index (χ2v) is 6.13. The molecule has 0 aromatic heterocycles. The molecule has 0 aliphatic carbocycles. The van der Waals surface area contributed by atoms with Gasteiger partial charge in [0.15, 0.2) is 5.11 Å². The summed E-state index contributed by atoms with van der Waals surface area (Å²) in [6.45, 7) is 4.31. The van der Waals surface area contributed by atoms with Crippen LogP contribution in [-0.4, -0.2) is 23.5 Å². The lowest BCUT2D eigenvalue weighted by Gasteiger charge is -2.29. The third-order valence-electron chi connectivity index (χ3n) is 3.98. The summed E-state index contributed by atoms with van der Waals surface area (Å²) in [5, 5.41) is 2.64. The number of nitrogens with one attached hydrogen (secondary N) is 1. The molecule has 1 aliphatic rings. The summed E-state index contributed by atoms with van der Waals surface area (Å²) >= 11 is 5.22. The van der Waals surface area contributed by atoms with Crippen LogP contribution in [0.1, 0.15) is 18.1 Å². The second kappa shape index (κ2) is 7.49. The second-order valence-electron chi connectivity index (χ2n) is 5.74. The van der Waals surface area contributed by atoms with Gasteiger partial charge in [-0.15, -0.1) is 0 Å². The summed E-state index contributed by atoms with van der Waals surface area (Å²) in [7, 11) is 0. The Morgan fingerprint density at radius 1 is 1.15 bits per heavy atom. The van der Waals surface area contributed by atoms with Crippen molar-refractivity contribution in [3.8, 4) is 5.75 Å². The maximum atomic E-state index is 13.0. The van der Waals surface area contributed by atoms with Crippen molar-refractivity contribution in [3.63, 3.8) is 0 Å². The summed E-state index contributed by atoms with van der Waals surface area (Å²) in [5.41, 5.74) is 2.36. The van der Waals surface area contributed by atoms with Gasteiger partial charge in [0.2, 0.25) is 0 Å². The number of rotatable bonds is 4. The lowest BCUT2D eigenvalue weighted by Crippen LogP contribution is -2.54. The van der Waals surface area contributed by atoms with Crippen LogP contribution in [0.4, 0.5) is 5.69 Å². The molecule has 0 unspecified atom stereocenters. The third-order valence-corrected chi connectivity index (χ3v) is 4.26. The van der Waals surface area contributed by atoms with Gasteiger partial charge in [-0.2, -0.15) is 0 Å². The standard InChI is InChI=1S/C20H18N2O3S/c1-3-25-16-10-6-9-15(12-16)22-19(24)17(18(23)21-20(22)26)11-14-8-5-4-7-13(14)2/h4-12H,3H2,1-2H3,(H,21,23,26). The Bertz CT molecular complexity index is 921. The van der Waals surface area contributed by atoms with Crippen molar-refractivity contribution < 1.29 is 14.3 Å². The van der Waals surface area contributed by atoms with E-state index < -0.39 is 11.8 Å². The van der Waals surface area contributed by atoms with Gasteiger partial charge in [-0.05, 0) is 55.4 Å². The SMILES string of the molecule is CCOc1cccc(N2C(=O)C(=Cc3ccccc3C)C(=O)NC2=S)c1. The number of nitrogens with zero attached hydrogens (tertiary/aromatic N) is 1. The molecular weight excluding hydrogens is 348 g/mol. The van der Waals surface area contributed by atoms with Crippen LogP contribution in [-0.2, 0) is 9.59 Å². The highest BCUT2D eigenvalue weighted by atomic mass is 32.1. The van der Waals surface area contributed by atoms with Crippen LogP contribution in [0, 0.1) is 6.92 Å². The van der Waals surface area contributed by atoms with Crippen LogP contribution in [0.25, 0.3) is 6.08 Å². The number of ether oxygens (including phenoxy) is 1. The summed E-state index contributed by atoms with van der Waals surface area (Å²) in [6.07, 6.45) is 1.59. The number of benzene rings is 2. The highest BCUT2D eigenvalue weighted by Gasteiger charge is 2.34. The first-order chi connectivity index (χ1) is 12.5. The Balaban J connectivity index is 2.01. The van der Waals surface area contributed by atoms with Gasteiger partial charge in [-0.25, -0.2) is 0 Å². The maximum Gasteiger partial charge on any atom is 0.270 e. The van der Waals surface area contributed by atoms with Gasteiger partial charge < -0.3 is 4.74 Å². The molecule has 1 fully saturated rings. The van der Waals surface area contributed by atoms with E-state index in [2.05, 4.69) is 5.32 Å². The van der Waals surface area contributed by atoms with Crippen molar-refractivity contribution >= 4 is 40.9 Å². The van der Waals surface area contributed by atoms with Crippen molar-refractivity contribution in [1.82, 2.24) is 5.32 Å². The minimum absolute atomic E-state index is 0.0368. The van der Waals surface area contributed by atoms with E-state index >= 15 is 0 Å². The number of amides is 2. The Morgan fingerprint density at radius 3 is 2.65 bits per heavy atom. The minimum atomic E-state index is -0.500. The molecular formula is C20H18N2O3S. The summed E-state index contributed by atoms with van der Waals surface area (Å²) in [4.78, 5) is 26.6. The zero-order valence-corrected chi connectivity index (χ0v) is 15.3. The van der Waals surface area contributed by atoms with Gasteiger partial charge in [0.05, 0.1) is 12.3 Å². The molecule has 3 rings (SSSR count). The molecule has 0 spiro atoms. The average Bonchev–Trinajstić information content (AvgIpc) is 2.60. The van der Waals surface area contributed by atoms with Gasteiger partial charge in [-0.3, -0.25) is 19.8 Å². The fourth-order valence-electron chi connectivity index (χ4n) is 2.68. The summed E-state index contributed by atoms with van der Waals surface area (Å²) in [6, 6.07) is 14.6. The molecule has 2 amide bonds. The number of aryl methyl sites for hydroxylation is 1. The zero-order chi connectivity index (χ0) is 18.7. The Kier molecular flexibility index (Phi) is 5.14. The molecule has 5 nitrogen and oxygen atoms in total. The van der Waals surface area contributed by atoms with Crippen molar-refractivity contribution in [2.75, 3.05) is 11.5 Å². The van der Waals surface area contributed by atoms with Crippen molar-refractivity contribution in [2.24, 2.45) is 0 Å². The first kappa shape index (κ1) is 17.8. The number of carbonyl (C=O) groups excluding carboxylic acids is 2. The molecule has 0 bridgehead atoms. The summed E-state index contributed by atoms with van der Waals surface area (Å²) < 4.78 is 5.48. The number of anilines is 1. The molecule has 1 heterocycles. The average molecular weight is 366 g/mol. The molecule has 1 aliphatic heterocycles. The molecule has 1 N–H and O–H groups in total. The van der Waals surface area contributed by atoms with Crippen molar-refractivity contribution in [1.29, 1.82) is 0 Å².